The van der Waals surface area contributed by atoms with Gasteiger partial charge in [-0.15, -0.1) is 0 Å². The summed E-state index contributed by atoms with van der Waals surface area (Å²) in [6.45, 7) is 5.47. The Bertz CT molecular complexity index is 808. The molecule has 0 saturated heterocycles. The topological polar surface area (TPSA) is 97.5 Å². The third-order valence-electron chi connectivity index (χ3n) is 4.25. The van der Waals surface area contributed by atoms with Crippen molar-refractivity contribution in [2.75, 3.05) is 31.6 Å². The van der Waals surface area contributed by atoms with E-state index >= 15 is 0 Å². The first-order valence-corrected chi connectivity index (χ1v) is 9.06. The molecule has 0 radical (unpaired) electrons. The Kier molecular flexibility index (Phi) is 7.63. The van der Waals surface area contributed by atoms with E-state index in [-0.39, 0.29) is 17.9 Å². The van der Waals surface area contributed by atoms with Crippen molar-refractivity contribution in [2.45, 2.75) is 26.5 Å². The fourth-order valence-electron chi connectivity index (χ4n) is 2.75. The number of aromatic nitrogens is 2. The number of rotatable bonds is 10. The van der Waals surface area contributed by atoms with Gasteiger partial charge in [-0.2, -0.15) is 0 Å². The number of benzene rings is 1. The summed E-state index contributed by atoms with van der Waals surface area (Å²) in [7, 11) is 1.64. The highest BCUT2D eigenvalue weighted by molar-refractivity contribution is 5.42. The first-order valence-electron chi connectivity index (χ1n) is 9.06. The van der Waals surface area contributed by atoms with Crippen molar-refractivity contribution < 1.29 is 9.84 Å². The minimum absolute atomic E-state index is 0.202. The number of ether oxygens (including phenoxy) is 1. The minimum atomic E-state index is -0.634. The molecule has 0 spiro atoms. The molecule has 148 valence electrons. The van der Waals surface area contributed by atoms with Crippen LogP contribution < -0.4 is 26.6 Å². The lowest BCUT2D eigenvalue weighted by molar-refractivity contribution is 0.107. The van der Waals surface area contributed by atoms with Gasteiger partial charge in [0.1, 0.15) is 24.3 Å². The van der Waals surface area contributed by atoms with E-state index < -0.39 is 6.10 Å². The molecule has 0 aliphatic carbocycles. The molecular weight excluding hydrogens is 348 g/mol. The van der Waals surface area contributed by atoms with Crippen LogP contribution >= 0.6 is 0 Å². The fraction of sp³-hybridized carbons (Fsp3) is 0.474. The molecule has 0 bridgehead atoms. The molecule has 1 aromatic carbocycles. The van der Waals surface area contributed by atoms with Crippen LogP contribution in [-0.4, -0.2) is 46.6 Å². The summed E-state index contributed by atoms with van der Waals surface area (Å²) in [6, 6.07) is 9.32. The van der Waals surface area contributed by atoms with E-state index in [1.807, 2.05) is 30.3 Å². The molecule has 1 aromatic heterocycles. The van der Waals surface area contributed by atoms with Gasteiger partial charge < -0.3 is 20.5 Å². The monoisotopic (exact) mass is 376 g/mol. The van der Waals surface area contributed by atoms with Crippen molar-refractivity contribution in [1.82, 2.24) is 14.5 Å². The third kappa shape index (κ3) is 5.45. The molecule has 0 aliphatic rings. The molecule has 27 heavy (non-hydrogen) atoms. The van der Waals surface area contributed by atoms with E-state index in [0.29, 0.717) is 37.6 Å². The van der Waals surface area contributed by atoms with Gasteiger partial charge in [-0.1, -0.05) is 18.2 Å². The maximum absolute atomic E-state index is 12.2. The van der Waals surface area contributed by atoms with Crippen molar-refractivity contribution in [2.24, 2.45) is 7.05 Å². The largest absolute Gasteiger partial charge is 0.491 e. The second kappa shape index (κ2) is 9.94. The van der Waals surface area contributed by atoms with Gasteiger partial charge in [0.25, 0.3) is 5.56 Å². The van der Waals surface area contributed by atoms with Crippen LogP contribution in [0.4, 0.5) is 5.82 Å². The number of aliphatic hydroxyl groups excluding tert-OH is 1. The summed E-state index contributed by atoms with van der Waals surface area (Å²) >= 11 is 0. The van der Waals surface area contributed by atoms with Gasteiger partial charge >= 0.3 is 5.69 Å². The zero-order valence-electron chi connectivity index (χ0n) is 16.1. The van der Waals surface area contributed by atoms with E-state index in [0.717, 1.165) is 5.75 Å². The summed E-state index contributed by atoms with van der Waals surface area (Å²) in [5, 5.41) is 16.2. The Hall–Kier alpha value is -2.58. The SMILES string of the molecule is CCn1c(=O)c(C)c(NCCNCC(O)COc2ccccc2)n(C)c1=O. The lowest BCUT2D eigenvalue weighted by Crippen LogP contribution is -2.41. The number of para-hydroxylation sites is 1. The Labute approximate surface area is 158 Å². The van der Waals surface area contributed by atoms with Gasteiger partial charge in [-0.05, 0) is 26.0 Å². The average Bonchev–Trinajstić information content (AvgIpc) is 2.68. The number of nitrogens with zero attached hydrogens (tertiary/aromatic N) is 2. The highest BCUT2D eigenvalue weighted by Gasteiger charge is 2.12. The fourth-order valence-corrected chi connectivity index (χ4v) is 2.75. The van der Waals surface area contributed by atoms with Crippen LogP contribution in [-0.2, 0) is 13.6 Å². The molecule has 1 unspecified atom stereocenters. The molecule has 0 saturated carbocycles. The number of aliphatic hydroxyl groups is 1. The van der Waals surface area contributed by atoms with Crippen molar-refractivity contribution in [3.05, 3.63) is 56.7 Å². The molecule has 3 N–H and O–H groups in total. The lowest BCUT2D eigenvalue weighted by atomic mass is 10.3. The molecule has 1 heterocycles. The van der Waals surface area contributed by atoms with Crippen molar-refractivity contribution >= 4 is 5.82 Å². The normalized spacial score (nSPS) is 12.0. The van der Waals surface area contributed by atoms with E-state index in [4.69, 9.17) is 4.74 Å². The number of hydrogen-bond donors (Lipinski definition) is 3. The number of hydrogen-bond acceptors (Lipinski definition) is 6. The smallest absolute Gasteiger partial charge is 0.332 e. The quantitative estimate of drug-likeness (QED) is 0.517. The Morgan fingerprint density at radius 1 is 1.19 bits per heavy atom. The van der Waals surface area contributed by atoms with Crippen LogP contribution in [0.5, 0.6) is 5.75 Å². The Morgan fingerprint density at radius 2 is 1.89 bits per heavy atom. The third-order valence-corrected chi connectivity index (χ3v) is 4.25. The number of anilines is 1. The molecule has 8 heteroatoms. The van der Waals surface area contributed by atoms with Gasteiger partial charge in [-0.3, -0.25) is 13.9 Å². The standard InChI is InChI=1S/C19H28N4O4/c1-4-23-18(25)14(2)17(22(3)19(23)26)21-11-10-20-12-15(24)13-27-16-8-6-5-7-9-16/h5-9,15,20-21,24H,4,10-13H2,1-3H3. The van der Waals surface area contributed by atoms with E-state index in [9.17, 15) is 14.7 Å². The average molecular weight is 376 g/mol. The number of nitrogens with one attached hydrogen (secondary N) is 2. The molecule has 8 nitrogen and oxygen atoms in total. The molecule has 2 aromatic rings. The molecule has 0 amide bonds. The Morgan fingerprint density at radius 3 is 2.56 bits per heavy atom. The zero-order valence-corrected chi connectivity index (χ0v) is 16.1. The second-order valence-electron chi connectivity index (χ2n) is 6.27. The van der Waals surface area contributed by atoms with Crippen molar-refractivity contribution in [1.29, 1.82) is 0 Å². The molecule has 0 aliphatic heterocycles. The molecule has 1 atom stereocenters. The first kappa shape index (κ1) is 20.7. The lowest BCUT2D eigenvalue weighted by Gasteiger charge is -2.16. The molecule has 0 fully saturated rings. The summed E-state index contributed by atoms with van der Waals surface area (Å²) in [6.07, 6.45) is -0.634. The Balaban J connectivity index is 1.77. The first-order chi connectivity index (χ1) is 13.0. The van der Waals surface area contributed by atoms with E-state index in [2.05, 4.69) is 10.6 Å². The highest BCUT2D eigenvalue weighted by atomic mass is 16.5. The van der Waals surface area contributed by atoms with Crippen molar-refractivity contribution in [3.63, 3.8) is 0 Å². The highest BCUT2D eigenvalue weighted by Crippen LogP contribution is 2.08. The van der Waals surface area contributed by atoms with Crippen LogP contribution in [0.2, 0.25) is 0 Å². The van der Waals surface area contributed by atoms with Crippen LogP contribution in [0.3, 0.4) is 0 Å². The molecular formula is C19H28N4O4. The van der Waals surface area contributed by atoms with E-state index in [1.165, 1.54) is 9.13 Å². The molecule has 2 rings (SSSR count). The van der Waals surface area contributed by atoms with Crippen LogP contribution in [0, 0.1) is 6.92 Å². The van der Waals surface area contributed by atoms with Gasteiger partial charge in [0.15, 0.2) is 0 Å². The maximum Gasteiger partial charge on any atom is 0.332 e. The van der Waals surface area contributed by atoms with Gasteiger partial charge in [-0.25, -0.2) is 4.79 Å². The van der Waals surface area contributed by atoms with Crippen LogP contribution in [0.1, 0.15) is 12.5 Å². The zero-order chi connectivity index (χ0) is 19.8. The van der Waals surface area contributed by atoms with Gasteiger partial charge in [0, 0.05) is 33.2 Å². The van der Waals surface area contributed by atoms with Crippen LogP contribution in [0.15, 0.2) is 39.9 Å². The summed E-state index contributed by atoms with van der Waals surface area (Å²) in [5.74, 6) is 1.24. The summed E-state index contributed by atoms with van der Waals surface area (Å²) in [5.41, 5.74) is -0.100. The predicted octanol–water partition coefficient (Wildman–Crippen LogP) is 0.317. The predicted molar refractivity (Wildman–Crippen MR) is 106 cm³/mol. The summed E-state index contributed by atoms with van der Waals surface area (Å²) < 4.78 is 8.15. The van der Waals surface area contributed by atoms with Gasteiger partial charge in [0.05, 0.1) is 5.56 Å². The van der Waals surface area contributed by atoms with E-state index in [1.54, 1.807) is 20.9 Å². The van der Waals surface area contributed by atoms with Crippen LogP contribution in [0.25, 0.3) is 0 Å². The minimum Gasteiger partial charge on any atom is -0.491 e. The van der Waals surface area contributed by atoms with Crippen molar-refractivity contribution in [3.8, 4) is 5.75 Å². The summed E-state index contributed by atoms with van der Waals surface area (Å²) in [4.78, 5) is 24.4. The maximum atomic E-state index is 12.2. The second-order valence-corrected chi connectivity index (χ2v) is 6.27. The van der Waals surface area contributed by atoms with Gasteiger partial charge in [0.2, 0.25) is 0 Å².